The molecule has 10 aromatic carbocycles. The number of pyridine rings is 1. The minimum Gasteiger partial charge on any atom is -0.277 e. The fraction of sp³-hybridized carbons (Fsp3) is 0. The standard InChI is InChI=1S/C67H43N5/c1-6-21-44(22-7-1)49-37-50(45-23-8-2-9-24-45)40-53(39-49)59-43-60(54-41-51(46-25-10-3-11-26-46)38-52(42-54)47-27-12-4-13-28-47)69-67(68-59)72-61-35-19-18-33-58(61)64-66(72)71-62-36-20-34-55(48-29-14-5-15-30-48)63(62)56-31-16-17-32-57(56)65(71)70-64/h1-43H. The lowest BCUT2D eigenvalue weighted by molar-refractivity contribution is 0.978. The van der Waals surface area contributed by atoms with Crippen molar-refractivity contribution in [2.75, 3.05) is 0 Å². The van der Waals surface area contributed by atoms with Crippen LogP contribution in [-0.2, 0) is 0 Å². The van der Waals surface area contributed by atoms with Gasteiger partial charge in [-0.2, -0.15) is 0 Å². The Morgan fingerprint density at radius 1 is 0.278 bits per heavy atom. The molecule has 5 nitrogen and oxygen atoms in total. The van der Waals surface area contributed by atoms with Gasteiger partial charge in [0.15, 0.2) is 5.65 Å². The number of benzene rings is 10. The van der Waals surface area contributed by atoms with Gasteiger partial charge >= 0.3 is 0 Å². The molecule has 72 heavy (non-hydrogen) atoms. The van der Waals surface area contributed by atoms with Crippen LogP contribution in [0.1, 0.15) is 0 Å². The molecule has 0 aliphatic rings. The average molecular weight is 918 g/mol. The van der Waals surface area contributed by atoms with Gasteiger partial charge in [-0.1, -0.05) is 206 Å². The number of para-hydroxylation sites is 1. The van der Waals surface area contributed by atoms with Gasteiger partial charge in [-0.25, -0.2) is 15.0 Å². The molecule has 0 radical (unpaired) electrons. The van der Waals surface area contributed by atoms with Gasteiger partial charge < -0.3 is 0 Å². The van der Waals surface area contributed by atoms with Gasteiger partial charge in [0.25, 0.3) is 0 Å². The number of imidazole rings is 1. The SMILES string of the molecule is c1ccc(-c2cc(-c3ccccc3)cc(-c3cc(-c4cc(-c5ccccc5)cc(-c5ccccc5)c4)nc(-n4c5ccccc5c5nc6c7ccccc7c7c(-c8ccccc8)cccc7n6c54)n3)c2)cc1. The second-order valence-corrected chi connectivity index (χ2v) is 18.4. The van der Waals surface area contributed by atoms with Gasteiger partial charge in [-0.3, -0.25) is 8.97 Å². The Hall–Kier alpha value is -9.71. The van der Waals surface area contributed by atoms with Crippen LogP contribution in [0.5, 0.6) is 0 Å². The quantitative estimate of drug-likeness (QED) is 0.143. The van der Waals surface area contributed by atoms with Crippen molar-refractivity contribution in [2.24, 2.45) is 0 Å². The van der Waals surface area contributed by atoms with Gasteiger partial charge in [0.05, 0.1) is 22.4 Å². The molecular weight excluding hydrogens is 875 g/mol. The van der Waals surface area contributed by atoms with E-state index in [1.807, 2.05) is 0 Å². The number of hydrogen-bond acceptors (Lipinski definition) is 3. The summed E-state index contributed by atoms with van der Waals surface area (Å²) in [5.41, 5.74) is 19.5. The molecule has 14 rings (SSSR count). The Balaban J connectivity index is 1.11. The summed E-state index contributed by atoms with van der Waals surface area (Å²) in [4.78, 5) is 17.0. The van der Waals surface area contributed by atoms with E-state index in [2.05, 4.69) is 270 Å². The lowest BCUT2D eigenvalue weighted by Gasteiger charge is -2.16. The van der Waals surface area contributed by atoms with Gasteiger partial charge in [-0.15, -0.1) is 0 Å². The van der Waals surface area contributed by atoms with Crippen molar-refractivity contribution in [2.45, 2.75) is 0 Å². The van der Waals surface area contributed by atoms with Crippen LogP contribution in [0.3, 0.4) is 0 Å². The summed E-state index contributed by atoms with van der Waals surface area (Å²) < 4.78 is 4.60. The Kier molecular flexibility index (Phi) is 9.78. The molecule has 0 saturated carbocycles. The van der Waals surface area contributed by atoms with E-state index >= 15 is 0 Å². The van der Waals surface area contributed by atoms with Crippen molar-refractivity contribution in [3.8, 4) is 84.1 Å². The molecule has 0 unspecified atom stereocenters. The van der Waals surface area contributed by atoms with Crippen molar-refractivity contribution in [1.29, 1.82) is 0 Å². The second-order valence-electron chi connectivity index (χ2n) is 18.4. The molecule has 0 bridgehead atoms. The summed E-state index contributed by atoms with van der Waals surface area (Å²) in [6.45, 7) is 0. The predicted molar refractivity (Wildman–Crippen MR) is 298 cm³/mol. The van der Waals surface area contributed by atoms with Crippen LogP contribution >= 0.6 is 0 Å². The molecule has 0 aliphatic carbocycles. The third-order valence-corrected chi connectivity index (χ3v) is 14.1. The zero-order chi connectivity index (χ0) is 47.5. The Morgan fingerprint density at radius 3 is 1.18 bits per heavy atom. The van der Waals surface area contributed by atoms with Crippen LogP contribution in [0, 0.1) is 0 Å². The van der Waals surface area contributed by atoms with Gasteiger partial charge in [0.1, 0.15) is 11.2 Å². The van der Waals surface area contributed by atoms with E-state index in [4.69, 9.17) is 15.0 Å². The van der Waals surface area contributed by atoms with E-state index in [1.54, 1.807) is 0 Å². The van der Waals surface area contributed by atoms with E-state index in [1.165, 1.54) is 0 Å². The van der Waals surface area contributed by atoms with Crippen LogP contribution in [-0.4, -0.2) is 23.9 Å². The van der Waals surface area contributed by atoms with Crippen LogP contribution in [0.25, 0.3) is 133 Å². The van der Waals surface area contributed by atoms with Crippen molar-refractivity contribution in [3.63, 3.8) is 0 Å². The highest BCUT2D eigenvalue weighted by molar-refractivity contribution is 6.20. The zero-order valence-corrected chi connectivity index (χ0v) is 39.1. The molecule has 0 amide bonds. The molecule has 5 heteroatoms. The molecule has 0 spiro atoms. The lowest BCUT2D eigenvalue weighted by atomic mass is 9.93. The van der Waals surface area contributed by atoms with Crippen molar-refractivity contribution in [3.05, 3.63) is 261 Å². The number of nitrogens with zero attached hydrogens (tertiary/aromatic N) is 5. The minimum atomic E-state index is 0.550. The highest BCUT2D eigenvalue weighted by Gasteiger charge is 2.25. The summed E-state index contributed by atoms with van der Waals surface area (Å²) in [7, 11) is 0. The monoisotopic (exact) mass is 917 g/mol. The van der Waals surface area contributed by atoms with E-state index in [-0.39, 0.29) is 0 Å². The van der Waals surface area contributed by atoms with E-state index in [0.717, 1.165) is 128 Å². The molecule has 4 aromatic heterocycles. The molecule has 0 atom stereocenters. The van der Waals surface area contributed by atoms with Crippen LogP contribution < -0.4 is 0 Å². The fourth-order valence-corrected chi connectivity index (χ4v) is 10.7. The maximum absolute atomic E-state index is 5.71. The zero-order valence-electron chi connectivity index (χ0n) is 39.1. The normalized spacial score (nSPS) is 11.6. The molecule has 0 fully saturated rings. The summed E-state index contributed by atoms with van der Waals surface area (Å²) >= 11 is 0. The van der Waals surface area contributed by atoms with Gasteiger partial charge in [0, 0.05) is 27.3 Å². The largest absolute Gasteiger partial charge is 0.277 e. The Morgan fingerprint density at radius 2 is 0.681 bits per heavy atom. The highest BCUT2D eigenvalue weighted by Crippen LogP contribution is 2.42. The molecule has 0 saturated heterocycles. The van der Waals surface area contributed by atoms with Crippen molar-refractivity contribution in [1.82, 2.24) is 23.9 Å². The molecule has 0 N–H and O–H groups in total. The van der Waals surface area contributed by atoms with Crippen molar-refractivity contribution < 1.29 is 0 Å². The third-order valence-electron chi connectivity index (χ3n) is 14.1. The number of hydrogen-bond donors (Lipinski definition) is 0. The maximum Gasteiger partial charge on any atom is 0.237 e. The second kappa shape index (κ2) is 17.1. The van der Waals surface area contributed by atoms with Crippen LogP contribution in [0.15, 0.2) is 261 Å². The van der Waals surface area contributed by atoms with E-state index in [9.17, 15) is 0 Å². The number of rotatable bonds is 8. The topological polar surface area (TPSA) is 48.0 Å². The molecule has 14 aromatic rings. The van der Waals surface area contributed by atoms with E-state index in [0.29, 0.717) is 5.95 Å². The molecule has 336 valence electrons. The summed E-state index contributed by atoms with van der Waals surface area (Å²) in [6.07, 6.45) is 0. The Labute approximate surface area is 416 Å². The smallest absolute Gasteiger partial charge is 0.237 e. The Bertz CT molecular complexity index is 4090. The maximum atomic E-state index is 5.71. The van der Waals surface area contributed by atoms with Gasteiger partial charge in [-0.05, 0) is 116 Å². The average Bonchev–Trinajstić information content (AvgIpc) is 4.02. The highest BCUT2D eigenvalue weighted by atomic mass is 15.2. The number of aromatic nitrogens is 5. The first-order valence-corrected chi connectivity index (χ1v) is 24.4. The first-order valence-electron chi connectivity index (χ1n) is 24.4. The lowest BCUT2D eigenvalue weighted by Crippen LogP contribution is -2.06. The summed E-state index contributed by atoms with van der Waals surface area (Å²) in [5, 5.41) is 4.42. The molecule has 4 heterocycles. The van der Waals surface area contributed by atoms with Gasteiger partial charge in [0.2, 0.25) is 5.95 Å². The summed E-state index contributed by atoms with van der Waals surface area (Å²) in [5.74, 6) is 0.550. The van der Waals surface area contributed by atoms with Crippen molar-refractivity contribution >= 4 is 49.4 Å². The first-order chi connectivity index (χ1) is 35.7. The fourth-order valence-electron chi connectivity index (χ4n) is 10.7. The first kappa shape index (κ1) is 41.3. The number of fused-ring (bicyclic) bond motifs is 10. The van der Waals surface area contributed by atoms with E-state index < -0.39 is 0 Å². The van der Waals surface area contributed by atoms with Crippen LogP contribution in [0.2, 0.25) is 0 Å². The summed E-state index contributed by atoms with van der Waals surface area (Å²) in [6, 6.07) is 92.9. The third kappa shape index (κ3) is 6.98. The molecule has 0 aliphatic heterocycles. The van der Waals surface area contributed by atoms with Crippen LogP contribution in [0.4, 0.5) is 0 Å². The molecular formula is C67H43N5. The predicted octanol–water partition coefficient (Wildman–Crippen LogP) is 17.2. The minimum absolute atomic E-state index is 0.550.